The molecule has 4 aromatic rings. The summed E-state index contributed by atoms with van der Waals surface area (Å²) in [7, 11) is 0. The molecule has 0 atom stereocenters. The van der Waals surface area contributed by atoms with Gasteiger partial charge in [-0.25, -0.2) is 18.9 Å². The summed E-state index contributed by atoms with van der Waals surface area (Å²) in [6.07, 6.45) is -14.0. The number of carbonyl (C=O) groups is 2. The quantitative estimate of drug-likeness (QED) is 0.192. The molecule has 20 heteroatoms. The van der Waals surface area contributed by atoms with Gasteiger partial charge in [-0.05, 0) is 55.0 Å². The standard InChI is InChI=1S/C30H20F10N6O3S/c1-15-2-3-17(11-49-13-28(32,33)34)23(6-15)46-24(47)12-50-27(46)43-26(48)42-22-5-4-16(7-21(22)31)25-41-14-45(44-25)20-9-18(29(35,36)37)8-19(10-20)30(38,39)40/h2-10,14H,11-13H2,1H3,(H,42,48)/b43-27-. The van der Waals surface area contributed by atoms with Gasteiger partial charge in [0.2, 0.25) is 5.91 Å². The number of aromatic nitrogens is 3. The van der Waals surface area contributed by atoms with Crippen molar-refractivity contribution in [1.29, 1.82) is 0 Å². The van der Waals surface area contributed by atoms with Gasteiger partial charge >= 0.3 is 24.6 Å². The predicted octanol–water partition coefficient (Wildman–Crippen LogP) is 8.17. The lowest BCUT2D eigenvalue weighted by atomic mass is 10.1. The number of anilines is 2. The van der Waals surface area contributed by atoms with Crippen molar-refractivity contribution in [2.45, 2.75) is 32.1 Å². The van der Waals surface area contributed by atoms with Gasteiger partial charge in [0.15, 0.2) is 11.0 Å². The van der Waals surface area contributed by atoms with Crippen molar-refractivity contribution >= 4 is 40.2 Å². The van der Waals surface area contributed by atoms with E-state index in [4.69, 9.17) is 4.74 Å². The molecule has 1 saturated heterocycles. The van der Waals surface area contributed by atoms with E-state index in [1.807, 2.05) is 0 Å². The third kappa shape index (κ3) is 8.59. The van der Waals surface area contributed by atoms with Crippen LogP contribution in [0.2, 0.25) is 0 Å². The molecule has 0 aliphatic carbocycles. The van der Waals surface area contributed by atoms with Crippen molar-refractivity contribution in [3.05, 3.63) is 89.0 Å². The van der Waals surface area contributed by atoms with Crippen LogP contribution in [0.25, 0.3) is 17.1 Å². The van der Waals surface area contributed by atoms with E-state index in [1.165, 1.54) is 18.2 Å². The maximum atomic E-state index is 15.1. The van der Waals surface area contributed by atoms with Crippen molar-refractivity contribution in [3.8, 4) is 17.1 Å². The number of alkyl halides is 9. The number of hydrogen-bond donors (Lipinski definition) is 1. The average molecular weight is 735 g/mol. The Morgan fingerprint density at radius 3 is 2.26 bits per heavy atom. The van der Waals surface area contributed by atoms with Gasteiger partial charge in [-0.3, -0.25) is 9.69 Å². The summed E-state index contributed by atoms with van der Waals surface area (Å²) in [4.78, 5) is 34.3. The molecule has 1 aliphatic rings. The normalized spacial score (nSPS) is 14.9. The predicted molar refractivity (Wildman–Crippen MR) is 160 cm³/mol. The fourth-order valence-electron chi connectivity index (χ4n) is 4.54. The number of benzene rings is 3. The number of nitrogens with one attached hydrogen (secondary N) is 1. The number of amides is 3. The van der Waals surface area contributed by atoms with Crippen LogP contribution < -0.4 is 10.2 Å². The number of halogens is 10. The topological polar surface area (TPSA) is 102 Å². The zero-order valence-electron chi connectivity index (χ0n) is 25.0. The van der Waals surface area contributed by atoms with E-state index in [9.17, 15) is 49.1 Å². The minimum atomic E-state index is -5.10. The van der Waals surface area contributed by atoms with Crippen LogP contribution in [0.5, 0.6) is 0 Å². The molecule has 1 aromatic heterocycles. The van der Waals surface area contributed by atoms with Gasteiger partial charge in [0.1, 0.15) is 18.8 Å². The van der Waals surface area contributed by atoms with E-state index in [1.54, 1.807) is 13.0 Å². The first-order chi connectivity index (χ1) is 23.3. The van der Waals surface area contributed by atoms with Crippen molar-refractivity contribution in [1.82, 2.24) is 14.8 Å². The lowest BCUT2D eigenvalue weighted by Crippen LogP contribution is -2.31. The number of rotatable bonds is 7. The first kappa shape index (κ1) is 36.3. The molecule has 0 radical (unpaired) electrons. The second-order valence-corrected chi connectivity index (χ2v) is 11.5. The molecule has 5 rings (SSSR count). The average Bonchev–Trinajstić information content (AvgIpc) is 3.64. The fraction of sp³-hybridized carbons (Fsp3) is 0.233. The van der Waals surface area contributed by atoms with E-state index in [0.29, 0.717) is 22.4 Å². The number of carbonyl (C=O) groups excluding carboxylic acids is 2. The van der Waals surface area contributed by atoms with Crippen molar-refractivity contribution in [2.75, 3.05) is 22.6 Å². The number of aryl methyl sites for hydroxylation is 1. The van der Waals surface area contributed by atoms with Crippen molar-refractivity contribution in [2.24, 2.45) is 4.99 Å². The molecular weight excluding hydrogens is 714 g/mol. The van der Waals surface area contributed by atoms with Gasteiger partial charge in [0.25, 0.3) is 0 Å². The third-order valence-corrected chi connectivity index (χ3v) is 7.69. The first-order valence-electron chi connectivity index (χ1n) is 13.9. The van der Waals surface area contributed by atoms with Crippen LogP contribution in [0.15, 0.2) is 65.9 Å². The van der Waals surface area contributed by atoms with Crippen molar-refractivity contribution < 1.29 is 58.2 Å². The molecular formula is C30H20F10N6O3S. The Morgan fingerprint density at radius 2 is 1.64 bits per heavy atom. The highest BCUT2D eigenvalue weighted by Gasteiger charge is 2.37. The van der Waals surface area contributed by atoms with Gasteiger partial charge in [0, 0.05) is 11.1 Å². The Kier molecular flexibility index (Phi) is 9.97. The van der Waals surface area contributed by atoms with Gasteiger partial charge in [-0.15, -0.1) is 5.10 Å². The largest absolute Gasteiger partial charge is 0.416 e. The molecule has 0 unspecified atom stereocenters. The van der Waals surface area contributed by atoms with E-state index in [0.717, 1.165) is 35.1 Å². The number of thioether (sulfide) groups is 1. The van der Waals surface area contributed by atoms with Gasteiger partial charge in [-0.2, -0.15) is 44.5 Å². The molecule has 1 N–H and O–H groups in total. The third-order valence-electron chi connectivity index (χ3n) is 6.77. The zero-order valence-corrected chi connectivity index (χ0v) is 25.9. The van der Waals surface area contributed by atoms with Crippen LogP contribution in [0.1, 0.15) is 22.3 Å². The van der Waals surface area contributed by atoms with Crippen LogP contribution in [-0.4, -0.2) is 50.4 Å². The first-order valence-corrected chi connectivity index (χ1v) is 14.9. The number of ether oxygens (including phenoxy) is 1. The van der Waals surface area contributed by atoms with E-state index >= 15 is 4.39 Å². The molecule has 0 bridgehead atoms. The smallest absolute Gasteiger partial charge is 0.367 e. The second-order valence-electron chi connectivity index (χ2n) is 10.6. The van der Waals surface area contributed by atoms with Crippen LogP contribution in [0.4, 0.5) is 60.1 Å². The molecule has 50 heavy (non-hydrogen) atoms. The van der Waals surface area contributed by atoms with Crippen LogP contribution >= 0.6 is 11.8 Å². The molecule has 3 amide bonds. The number of urea groups is 1. The van der Waals surface area contributed by atoms with Crippen molar-refractivity contribution in [3.63, 3.8) is 0 Å². The maximum Gasteiger partial charge on any atom is 0.416 e. The second kappa shape index (κ2) is 13.7. The summed E-state index contributed by atoms with van der Waals surface area (Å²) in [6, 6.07) is 7.37. The number of aliphatic imine (C=N–C) groups is 1. The minimum absolute atomic E-state index is 0.0486. The summed E-state index contributed by atoms with van der Waals surface area (Å²) in [6.45, 7) is -0.377. The summed E-state index contributed by atoms with van der Waals surface area (Å²) in [5.41, 5.74) is -3.26. The Balaban J connectivity index is 1.34. The zero-order chi connectivity index (χ0) is 36.6. The molecule has 1 fully saturated rings. The summed E-state index contributed by atoms with van der Waals surface area (Å²) in [5.74, 6) is -2.03. The highest BCUT2D eigenvalue weighted by atomic mass is 32.2. The summed E-state index contributed by atoms with van der Waals surface area (Å²) < 4.78 is 138. The van der Waals surface area contributed by atoms with Crippen LogP contribution in [-0.2, 0) is 28.5 Å². The molecule has 0 spiro atoms. The van der Waals surface area contributed by atoms with Gasteiger partial charge in [-0.1, -0.05) is 23.9 Å². The maximum absolute atomic E-state index is 15.1. The van der Waals surface area contributed by atoms with Gasteiger partial charge in [0.05, 0.1) is 40.5 Å². The van der Waals surface area contributed by atoms with E-state index < -0.39 is 72.0 Å². The molecule has 0 saturated carbocycles. The number of amidine groups is 1. The highest BCUT2D eigenvalue weighted by Crippen LogP contribution is 2.37. The molecule has 264 valence electrons. The highest BCUT2D eigenvalue weighted by molar-refractivity contribution is 8.15. The SMILES string of the molecule is Cc1ccc(COCC(F)(F)F)c(N2C(=O)CS/C2=N\C(=O)Nc2ccc(-c3ncn(-c4cc(C(F)(F)F)cc(C(F)(F)F)c4)n3)cc2F)c1. The van der Waals surface area contributed by atoms with E-state index in [2.05, 4.69) is 20.4 Å². The van der Waals surface area contributed by atoms with Crippen LogP contribution in [0.3, 0.4) is 0 Å². The summed E-state index contributed by atoms with van der Waals surface area (Å²) >= 11 is 0.851. The summed E-state index contributed by atoms with van der Waals surface area (Å²) in [5, 5.41) is 5.92. The lowest BCUT2D eigenvalue weighted by molar-refractivity contribution is -0.176. The van der Waals surface area contributed by atoms with Gasteiger partial charge < -0.3 is 10.1 Å². The minimum Gasteiger partial charge on any atom is -0.367 e. The van der Waals surface area contributed by atoms with E-state index in [-0.39, 0.29) is 39.6 Å². The molecule has 1 aliphatic heterocycles. The lowest BCUT2D eigenvalue weighted by Gasteiger charge is -2.21. The number of nitrogens with zero attached hydrogens (tertiary/aromatic N) is 5. The molecule has 2 heterocycles. The monoisotopic (exact) mass is 734 g/mol. The Hall–Kier alpha value is -4.98. The fourth-order valence-corrected chi connectivity index (χ4v) is 5.40. The Bertz CT molecular complexity index is 1940. The van der Waals surface area contributed by atoms with Crippen LogP contribution in [0, 0.1) is 12.7 Å². The Labute approximate surface area is 278 Å². The molecule has 3 aromatic carbocycles. The molecule has 9 nitrogen and oxygen atoms in total. The Morgan fingerprint density at radius 1 is 0.960 bits per heavy atom. The number of hydrogen-bond acceptors (Lipinski definition) is 6.